The SMILES string of the molecule is CC(C)(C)ON(N)[O-]. The van der Waals surface area contributed by atoms with Crippen molar-refractivity contribution in [2.24, 2.45) is 5.84 Å². The molecule has 0 aromatic heterocycles. The summed E-state index contributed by atoms with van der Waals surface area (Å²) in [5, 5.41) is 9.89. The van der Waals surface area contributed by atoms with Gasteiger partial charge in [-0.05, 0) is 20.8 Å². The molecule has 0 radical (unpaired) electrons. The Balaban J connectivity index is 3.39. The molecule has 0 fully saturated rings. The lowest BCUT2D eigenvalue weighted by molar-refractivity contribution is -0.200. The van der Waals surface area contributed by atoms with Crippen molar-refractivity contribution in [2.45, 2.75) is 26.4 Å². The standard InChI is InChI=1S/C4H11N2O2/c1-4(2,3)8-6(5)7/h5H2,1-3H3/q-1. The molecular formula is C4H11N2O2-. The van der Waals surface area contributed by atoms with Crippen LogP contribution in [0.15, 0.2) is 0 Å². The summed E-state index contributed by atoms with van der Waals surface area (Å²) in [6.45, 7) is 5.22. The van der Waals surface area contributed by atoms with Gasteiger partial charge in [-0.3, -0.25) is 10.7 Å². The summed E-state index contributed by atoms with van der Waals surface area (Å²) in [4.78, 5) is 4.49. The van der Waals surface area contributed by atoms with Gasteiger partial charge in [0.25, 0.3) is 0 Å². The van der Waals surface area contributed by atoms with Crippen LogP contribution in [-0.2, 0) is 4.84 Å². The van der Waals surface area contributed by atoms with Crippen LogP contribution in [0.4, 0.5) is 0 Å². The normalized spacial score (nSPS) is 12.8. The quantitative estimate of drug-likeness (QED) is 0.400. The highest BCUT2D eigenvalue weighted by atomic mass is 16.9. The van der Waals surface area contributed by atoms with E-state index in [1.54, 1.807) is 20.8 Å². The van der Waals surface area contributed by atoms with Crippen LogP contribution in [0.2, 0.25) is 0 Å². The van der Waals surface area contributed by atoms with Crippen LogP contribution in [0, 0.1) is 5.21 Å². The van der Waals surface area contributed by atoms with Gasteiger partial charge in [-0.15, -0.1) is 0 Å². The zero-order valence-electron chi connectivity index (χ0n) is 5.34. The summed E-state index contributed by atoms with van der Waals surface area (Å²) in [6, 6.07) is 0. The Hall–Kier alpha value is -0.160. The number of rotatable bonds is 1. The molecule has 0 aliphatic rings. The van der Waals surface area contributed by atoms with Crippen molar-refractivity contribution in [2.75, 3.05) is 0 Å². The summed E-state index contributed by atoms with van der Waals surface area (Å²) in [7, 11) is 0. The Morgan fingerprint density at radius 2 is 1.88 bits per heavy atom. The summed E-state index contributed by atoms with van der Waals surface area (Å²) < 4.78 is 0. The van der Waals surface area contributed by atoms with Gasteiger partial charge in [-0.1, -0.05) is 0 Å². The van der Waals surface area contributed by atoms with Crippen molar-refractivity contribution in [1.29, 1.82) is 0 Å². The van der Waals surface area contributed by atoms with E-state index in [0.717, 1.165) is 0 Å². The van der Waals surface area contributed by atoms with Crippen LogP contribution in [0.5, 0.6) is 0 Å². The third kappa shape index (κ3) is 5.84. The smallest absolute Gasteiger partial charge is 0.0820 e. The van der Waals surface area contributed by atoms with Crippen molar-refractivity contribution in [3.05, 3.63) is 5.21 Å². The number of nitrogens with zero attached hydrogens (tertiary/aromatic N) is 1. The molecular weight excluding hydrogens is 108 g/mol. The monoisotopic (exact) mass is 119 g/mol. The fourth-order valence-electron chi connectivity index (χ4n) is 0.270. The second-order valence-corrected chi connectivity index (χ2v) is 2.49. The lowest BCUT2D eigenvalue weighted by atomic mass is 10.2. The summed E-state index contributed by atoms with van der Waals surface area (Å²) in [5.74, 6) is 4.63. The first-order valence-electron chi connectivity index (χ1n) is 2.33. The molecule has 0 aromatic carbocycles. The Labute approximate surface area is 48.7 Å². The van der Waals surface area contributed by atoms with Crippen molar-refractivity contribution >= 4 is 0 Å². The number of nitrogens with two attached hydrogens (primary N) is 1. The lowest BCUT2D eigenvalue weighted by Crippen LogP contribution is -2.34. The van der Waals surface area contributed by atoms with E-state index in [2.05, 4.69) is 10.7 Å². The molecule has 50 valence electrons. The van der Waals surface area contributed by atoms with Gasteiger partial charge in [0.1, 0.15) is 0 Å². The molecule has 0 bridgehead atoms. The number of hydrazine groups is 1. The van der Waals surface area contributed by atoms with Crippen molar-refractivity contribution in [1.82, 2.24) is 5.34 Å². The maximum absolute atomic E-state index is 9.93. The molecule has 0 aliphatic heterocycles. The van der Waals surface area contributed by atoms with Crippen LogP contribution in [0.25, 0.3) is 0 Å². The highest BCUT2D eigenvalue weighted by Crippen LogP contribution is 2.05. The number of hydrogen-bond acceptors (Lipinski definition) is 4. The molecule has 0 aliphatic carbocycles. The minimum Gasteiger partial charge on any atom is -0.748 e. The van der Waals surface area contributed by atoms with E-state index in [-0.39, 0.29) is 5.34 Å². The van der Waals surface area contributed by atoms with Crippen LogP contribution in [-0.4, -0.2) is 10.9 Å². The van der Waals surface area contributed by atoms with Gasteiger partial charge in [0.05, 0.1) is 5.60 Å². The predicted molar refractivity (Wildman–Crippen MR) is 30.2 cm³/mol. The Morgan fingerprint density at radius 1 is 1.50 bits per heavy atom. The van der Waals surface area contributed by atoms with E-state index in [0.29, 0.717) is 0 Å². The molecule has 0 rings (SSSR count). The minimum atomic E-state index is -0.490. The highest BCUT2D eigenvalue weighted by Gasteiger charge is 2.09. The van der Waals surface area contributed by atoms with Crippen molar-refractivity contribution in [3.8, 4) is 0 Å². The first-order chi connectivity index (χ1) is 3.42. The van der Waals surface area contributed by atoms with Gasteiger partial charge < -0.3 is 5.21 Å². The van der Waals surface area contributed by atoms with Crippen molar-refractivity contribution in [3.63, 3.8) is 0 Å². The van der Waals surface area contributed by atoms with E-state index in [1.165, 1.54) is 0 Å². The van der Waals surface area contributed by atoms with E-state index in [9.17, 15) is 5.21 Å². The van der Waals surface area contributed by atoms with E-state index in [1.807, 2.05) is 0 Å². The summed E-state index contributed by atoms with van der Waals surface area (Å²) >= 11 is 0. The Kier molecular flexibility index (Phi) is 2.36. The minimum absolute atomic E-state index is 0.0417. The number of hydrogen-bond donors (Lipinski definition) is 1. The highest BCUT2D eigenvalue weighted by molar-refractivity contribution is 4.56. The predicted octanol–water partition coefficient (Wildman–Crippen LogP) is 0.390. The first kappa shape index (κ1) is 7.84. The van der Waals surface area contributed by atoms with Gasteiger partial charge in [0, 0.05) is 0 Å². The maximum atomic E-state index is 9.93. The molecule has 0 unspecified atom stereocenters. The Morgan fingerprint density at radius 3 is 1.88 bits per heavy atom. The molecule has 4 heteroatoms. The van der Waals surface area contributed by atoms with Crippen LogP contribution in [0.3, 0.4) is 0 Å². The fraction of sp³-hybridized carbons (Fsp3) is 1.00. The van der Waals surface area contributed by atoms with Gasteiger partial charge in [0.15, 0.2) is 0 Å². The Bertz CT molecular complexity index is 66.9. The topological polar surface area (TPSA) is 61.5 Å². The van der Waals surface area contributed by atoms with Crippen molar-refractivity contribution < 1.29 is 4.84 Å². The molecule has 2 N–H and O–H groups in total. The molecule has 0 amide bonds. The van der Waals surface area contributed by atoms with Gasteiger partial charge in [-0.25, -0.2) is 0 Å². The lowest BCUT2D eigenvalue weighted by Gasteiger charge is -2.29. The van der Waals surface area contributed by atoms with Crippen LogP contribution >= 0.6 is 0 Å². The average molecular weight is 119 g/mol. The maximum Gasteiger partial charge on any atom is 0.0820 e. The van der Waals surface area contributed by atoms with Crippen LogP contribution < -0.4 is 5.84 Å². The second kappa shape index (κ2) is 2.41. The van der Waals surface area contributed by atoms with E-state index in [4.69, 9.17) is 0 Å². The second-order valence-electron chi connectivity index (χ2n) is 2.49. The van der Waals surface area contributed by atoms with Crippen LogP contribution in [0.1, 0.15) is 20.8 Å². The zero-order valence-corrected chi connectivity index (χ0v) is 5.34. The molecule has 0 saturated heterocycles. The van der Waals surface area contributed by atoms with Gasteiger partial charge in [-0.2, -0.15) is 5.34 Å². The summed E-state index contributed by atoms with van der Waals surface area (Å²) in [5.41, 5.74) is -0.490. The third-order valence-electron chi connectivity index (χ3n) is 0.364. The molecule has 0 saturated carbocycles. The fourth-order valence-corrected chi connectivity index (χ4v) is 0.270. The van der Waals surface area contributed by atoms with Gasteiger partial charge >= 0.3 is 0 Å². The first-order valence-corrected chi connectivity index (χ1v) is 2.33. The molecule has 0 aromatic rings. The molecule has 0 heterocycles. The van der Waals surface area contributed by atoms with E-state index < -0.39 is 5.60 Å². The third-order valence-corrected chi connectivity index (χ3v) is 0.364. The van der Waals surface area contributed by atoms with Gasteiger partial charge in [0.2, 0.25) is 0 Å². The van der Waals surface area contributed by atoms with E-state index >= 15 is 0 Å². The molecule has 0 spiro atoms. The molecule has 8 heavy (non-hydrogen) atoms. The average Bonchev–Trinajstić information content (AvgIpc) is 1.21. The summed E-state index contributed by atoms with van der Waals surface area (Å²) in [6.07, 6.45) is 0. The molecule has 0 atom stereocenters. The molecule has 4 nitrogen and oxygen atoms in total. The largest absolute Gasteiger partial charge is 0.748 e. The zero-order chi connectivity index (χ0) is 6.78.